The molecular formula is C19H23ClN2O5S. The number of halogens is 1. The lowest BCUT2D eigenvalue weighted by Crippen LogP contribution is -2.45. The molecule has 2 N–H and O–H groups in total. The van der Waals surface area contributed by atoms with Crippen LogP contribution in [-0.2, 0) is 21.2 Å². The molecule has 0 aliphatic carbocycles. The van der Waals surface area contributed by atoms with Crippen molar-refractivity contribution in [3.63, 3.8) is 0 Å². The zero-order valence-electron chi connectivity index (χ0n) is 15.9. The summed E-state index contributed by atoms with van der Waals surface area (Å²) < 4.78 is 37.4. The minimum absolute atomic E-state index is 0.0434. The molecule has 152 valence electrons. The monoisotopic (exact) mass is 426 g/mol. The molecule has 0 aliphatic rings. The van der Waals surface area contributed by atoms with Gasteiger partial charge in [-0.1, -0.05) is 17.7 Å². The van der Waals surface area contributed by atoms with E-state index in [9.17, 15) is 13.2 Å². The molecule has 0 unspecified atom stereocenters. The molecule has 1 amide bonds. The molecule has 0 saturated carbocycles. The van der Waals surface area contributed by atoms with Crippen molar-refractivity contribution in [3.8, 4) is 11.5 Å². The third kappa shape index (κ3) is 5.85. The van der Waals surface area contributed by atoms with Crippen LogP contribution < -0.4 is 19.5 Å². The molecule has 0 radical (unpaired) electrons. The lowest BCUT2D eigenvalue weighted by Gasteiger charge is -2.15. The minimum atomic E-state index is -3.82. The van der Waals surface area contributed by atoms with Gasteiger partial charge in [0.05, 0.1) is 25.2 Å². The molecule has 9 heteroatoms. The van der Waals surface area contributed by atoms with Crippen LogP contribution in [0, 0.1) is 0 Å². The summed E-state index contributed by atoms with van der Waals surface area (Å²) in [6.45, 7) is 1.83. The smallest absolute Gasteiger partial charge is 0.241 e. The van der Waals surface area contributed by atoms with Crippen molar-refractivity contribution in [1.29, 1.82) is 0 Å². The van der Waals surface area contributed by atoms with Gasteiger partial charge in [0.15, 0.2) is 11.5 Å². The molecule has 0 fully saturated rings. The maximum Gasteiger partial charge on any atom is 0.241 e. The van der Waals surface area contributed by atoms with Gasteiger partial charge in [-0.25, -0.2) is 8.42 Å². The van der Waals surface area contributed by atoms with Crippen LogP contribution in [0.15, 0.2) is 47.4 Å². The Bertz CT molecular complexity index is 916. The molecule has 0 bridgehead atoms. The molecule has 0 heterocycles. The maximum absolute atomic E-state index is 12.3. The first-order valence-corrected chi connectivity index (χ1v) is 10.4. The zero-order chi connectivity index (χ0) is 20.7. The van der Waals surface area contributed by atoms with Gasteiger partial charge in [0.1, 0.15) is 0 Å². The van der Waals surface area contributed by atoms with Crippen LogP contribution in [-0.4, -0.2) is 41.1 Å². The summed E-state index contributed by atoms with van der Waals surface area (Å²) in [5, 5.41) is 3.15. The van der Waals surface area contributed by atoms with Gasteiger partial charge in [-0.05, 0) is 55.3 Å². The number of methoxy groups -OCH3 is 2. The Morgan fingerprint density at radius 2 is 1.71 bits per heavy atom. The van der Waals surface area contributed by atoms with E-state index >= 15 is 0 Å². The van der Waals surface area contributed by atoms with Gasteiger partial charge >= 0.3 is 0 Å². The van der Waals surface area contributed by atoms with Crippen LogP contribution >= 0.6 is 11.6 Å². The summed E-state index contributed by atoms with van der Waals surface area (Å²) in [5.74, 6) is 0.814. The molecule has 7 nitrogen and oxygen atoms in total. The van der Waals surface area contributed by atoms with Crippen LogP contribution in [0.25, 0.3) is 0 Å². The number of ether oxygens (including phenoxy) is 2. The Morgan fingerprint density at radius 3 is 2.32 bits per heavy atom. The van der Waals surface area contributed by atoms with E-state index in [0.29, 0.717) is 29.5 Å². The maximum atomic E-state index is 12.3. The quantitative estimate of drug-likeness (QED) is 0.642. The topological polar surface area (TPSA) is 93.7 Å². The summed E-state index contributed by atoms with van der Waals surface area (Å²) in [5.41, 5.74) is 0.951. The molecule has 0 saturated heterocycles. The predicted octanol–water partition coefficient (Wildman–Crippen LogP) is 2.38. The van der Waals surface area contributed by atoms with Gasteiger partial charge in [0.2, 0.25) is 15.9 Å². The average molecular weight is 427 g/mol. The first-order valence-electron chi connectivity index (χ1n) is 8.53. The minimum Gasteiger partial charge on any atom is -0.493 e. The molecule has 2 aromatic rings. The summed E-state index contributed by atoms with van der Waals surface area (Å²) >= 11 is 5.77. The fraction of sp³-hybridized carbons (Fsp3) is 0.316. The number of carbonyl (C=O) groups excluding carboxylic acids is 1. The molecule has 1 atom stereocenters. The second kappa shape index (κ2) is 9.77. The van der Waals surface area contributed by atoms with E-state index in [-0.39, 0.29) is 4.90 Å². The summed E-state index contributed by atoms with van der Waals surface area (Å²) in [7, 11) is -0.702. The van der Waals surface area contributed by atoms with E-state index in [1.165, 1.54) is 31.2 Å². The highest BCUT2D eigenvalue weighted by molar-refractivity contribution is 7.89. The van der Waals surface area contributed by atoms with E-state index in [0.717, 1.165) is 5.56 Å². The zero-order valence-corrected chi connectivity index (χ0v) is 17.4. The first kappa shape index (κ1) is 22.0. The van der Waals surface area contributed by atoms with Crippen LogP contribution in [0.5, 0.6) is 11.5 Å². The fourth-order valence-corrected chi connectivity index (χ4v) is 3.82. The Hall–Kier alpha value is -2.29. The lowest BCUT2D eigenvalue weighted by atomic mass is 10.1. The first-order chi connectivity index (χ1) is 13.3. The molecule has 28 heavy (non-hydrogen) atoms. The standard InChI is InChI=1S/C19H23ClN2O5S/c1-13(22-28(24,25)16-7-5-15(20)6-8-16)19(23)21-11-10-14-4-9-17(26-2)18(12-14)27-3/h4-9,12-13,22H,10-11H2,1-3H3,(H,21,23)/t13-/m1/s1. The van der Waals surface area contributed by atoms with Crippen LogP contribution in [0.4, 0.5) is 0 Å². The molecule has 2 aromatic carbocycles. The Balaban J connectivity index is 1.89. The predicted molar refractivity (Wildman–Crippen MR) is 107 cm³/mol. The summed E-state index contributed by atoms with van der Waals surface area (Å²) in [6, 6.07) is 10.3. The molecule has 0 aromatic heterocycles. The van der Waals surface area contributed by atoms with Crippen molar-refractivity contribution in [2.75, 3.05) is 20.8 Å². The fourth-order valence-electron chi connectivity index (χ4n) is 2.49. The third-order valence-electron chi connectivity index (χ3n) is 4.01. The highest BCUT2D eigenvalue weighted by Gasteiger charge is 2.21. The molecule has 0 spiro atoms. The summed E-state index contributed by atoms with van der Waals surface area (Å²) in [4.78, 5) is 12.3. The third-order valence-corrected chi connectivity index (χ3v) is 5.82. The Kier molecular flexibility index (Phi) is 7.68. The highest BCUT2D eigenvalue weighted by atomic mass is 35.5. The van der Waals surface area contributed by atoms with Crippen molar-refractivity contribution >= 4 is 27.5 Å². The van der Waals surface area contributed by atoms with Gasteiger partial charge in [-0.15, -0.1) is 0 Å². The van der Waals surface area contributed by atoms with Crippen molar-refractivity contribution < 1.29 is 22.7 Å². The average Bonchev–Trinajstić information content (AvgIpc) is 2.67. The van der Waals surface area contributed by atoms with Crippen LogP contribution in [0.1, 0.15) is 12.5 Å². The number of hydrogen-bond acceptors (Lipinski definition) is 5. The van der Waals surface area contributed by atoms with Gasteiger partial charge in [-0.2, -0.15) is 4.72 Å². The van der Waals surface area contributed by atoms with E-state index in [1.54, 1.807) is 20.3 Å². The number of rotatable bonds is 9. The molecule has 0 aliphatic heterocycles. The van der Waals surface area contributed by atoms with E-state index in [1.807, 2.05) is 12.1 Å². The van der Waals surface area contributed by atoms with Crippen LogP contribution in [0.2, 0.25) is 5.02 Å². The van der Waals surface area contributed by atoms with Gasteiger partial charge in [0.25, 0.3) is 0 Å². The van der Waals surface area contributed by atoms with E-state index in [4.69, 9.17) is 21.1 Å². The van der Waals surface area contributed by atoms with Crippen molar-refractivity contribution in [2.24, 2.45) is 0 Å². The molecular weight excluding hydrogens is 404 g/mol. The number of carbonyl (C=O) groups is 1. The van der Waals surface area contributed by atoms with Crippen LogP contribution in [0.3, 0.4) is 0 Å². The SMILES string of the molecule is COc1ccc(CCNC(=O)[C@@H](C)NS(=O)(=O)c2ccc(Cl)cc2)cc1OC. The van der Waals surface area contributed by atoms with Gasteiger partial charge in [-0.3, -0.25) is 4.79 Å². The van der Waals surface area contributed by atoms with Crippen molar-refractivity contribution in [2.45, 2.75) is 24.3 Å². The Morgan fingerprint density at radius 1 is 1.07 bits per heavy atom. The molecule has 2 rings (SSSR count). The number of nitrogens with one attached hydrogen (secondary N) is 2. The van der Waals surface area contributed by atoms with E-state index in [2.05, 4.69) is 10.0 Å². The van der Waals surface area contributed by atoms with Crippen molar-refractivity contribution in [3.05, 3.63) is 53.1 Å². The summed E-state index contributed by atoms with van der Waals surface area (Å²) in [6.07, 6.45) is 0.558. The second-order valence-corrected chi connectivity index (χ2v) is 8.18. The van der Waals surface area contributed by atoms with Gasteiger partial charge in [0, 0.05) is 11.6 Å². The highest BCUT2D eigenvalue weighted by Crippen LogP contribution is 2.27. The number of sulfonamides is 1. The normalized spacial score (nSPS) is 12.3. The number of amides is 1. The Labute approximate surface area is 170 Å². The lowest BCUT2D eigenvalue weighted by molar-refractivity contribution is -0.122. The number of benzene rings is 2. The van der Waals surface area contributed by atoms with Gasteiger partial charge < -0.3 is 14.8 Å². The van der Waals surface area contributed by atoms with Crippen molar-refractivity contribution in [1.82, 2.24) is 10.0 Å². The largest absolute Gasteiger partial charge is 0.493 e. The number of hydrogen-bond donors (Lipinski definition) is 2. The second-order valence-electron chi connectivity index (χ2n) is 6.03. The van der Waals surface area contributed by atoms with E-state index < -0.39 is 22.0 Å².